The Morgan fingerprint density at radius 3 is 2.68 bits per heavy atom. The standard InChI is InChI=1S/C21H18ClN3O3/c1-12-5-13(2)20(17(22)6-12)25-21(26)14-7-16(10-23-9-14)24-15-3-4-18-19(8-15)28-11-27-18/h3-10,24H,11H2,1-2H3,(H,25,26). The number of nitrogens with one attached hydrogen (secondary N) is 2. The average molecular weight is 396 g/mol. The van der Waals surface area contributed by atoms with Gasteiger partial charge in [-0.1, -0.05) is 17.7 Å². The maximum Gasteiger partial charge on any atom is 0.257 e. The van der Waals surface area contributed by atoms with E-state index in [2.05, 4.69) is 15.6 Å². The molecule has 0 unspecified atom stereocenters. The fourth-order valence-corrected chi connectivity index (χ4v) is 3.40. The number of pyridine rings is 1. The maximum atomic E-state index is 12.7. The molecule has 3 aromatic rings. The zero-order valence-corrected chi connectivity index (χ0v) is 16.1. The van der Waals surface area contributed by atoms with Crippen molar-refractivity contribution >= 4 is 34.6 Å². The number of nitrogens with zero attached hydrogens (tertiary/aromatic N) is 1. The molecule has 142 valence electrons. The summed E-state index contributed by atoms with van der Waals surface area (Å²) < 4.78 is 10.7. The van der Waals surface area contributed by atoms with Crippen molar-refractivity contribution in [3.05, 3.63) is 70.5 Å². The first-order chi connectivity index (χ1) is 13.5. The van der Waals surface area contributed by atoms with Crippen LogP contribution in [0.5, 0.6) is 11.5 Å². The first-order valence-electron chi connectivity index (χ1n) is 8.69. The van der Waals surface area contributed by atoms with Gasteiger partial charge in [-0.05, 0) is 49.2 Å². The molecule has 0 radical (unpaired) electrons. The third-order valence-corrected chi connectivity index (χ3v) is 4.63. The van der Waals surface area contributed by atoms with E-state index >= 15 is 0 Å². The van der Waals surface area contributed by atoms with Gasteiger partial charge in [0.15, 0.2) is 11.5 Å². The second-order valence-electron chi connectivity index (χ2n) is 6.55. The van der Waals surface area contributed by atoms with Crippen molar-refractivity contribution < 1.29 is 14.3 Å². The number of fused-ring (bicyclic) bond motifs is 1. The Bertz CT molecular complexity index is 1050. The molecule has 2 N–H and O–H groups in total. The molecule has 7 heteroatoms. The van der Waals surface area contributed by atoms with E-state index in [1.807, 2.05) is 44.2 Å². The molecular weight excluding hydrogens is 378 g/mol. The normalized spacial score (nSPS) is 12.0. The van der Waals surface area contributed by atoms with Crippen LogP contribution in [-0.2, 0) is 0 Å². The number of carbonyl (C=O) groups excluding carboxylic acids is 1. The molecule has 1 aliphatic heterocycles. The monoisotopic (exact) mass is 395 g/mol. The van der Waals surface area contributed by atoms with E-state index in [1.54, 1.807) is 12.3 Å². The van der Waals surface area contributed by atoms with E-state index in [4.69, 9.17) is 21.1 Å². The number of amides is 1. The lowest BCUT2D eigenvalue weighted by molar-refractivity contribution is 0.102. The molecule has 0 saturated carbocycles. The van der Waals surface area contributed by atoms with Crippen LogP contribution in [-0.4, -0.2) is 17.7 Å². The van der Waals surface area contributed by atoms with Gasteiger partial charge in [-0.25, -0.2) is 0 Å². The number of carbonyl (C=O) groups is 1. The highest BCUT2D eigenvalue weighted by molar-refractivity contribution is 6.34. The highest BCUT2D eigenvalue weighted by Crippen LogP contribution is 2.35. The Hall–Kier alpha value is -3.25. The molecular formula is C21H18ClN3O3. The van der Waals surface area contributed by atoms with Gasteiger partial charge in [0.25, 0.3) is 5.91 Å². The lowest BCUT2D eigenvalue weighted by Crippen LogP contribution is -2.14. The number of aromatic nitrogens is 1. The average Bonchev–Trinajstić information content (AvgIpc) is 3.12. The molecule has 0 fully saturated rings. The molecule has 0 saturated heterocycles. The number of hydrogen-bond donors (Lipinski definition) is 2. The second-order valence-corrected chi connectivity index (χ2v) is 6.96. The van der Waals surface area contributed by atoms with E-state index in [9.17, 15) is 4.79 Å². The summed E-state index contributed by atoms with van der Waals surface area (Å²) >= 11 is 6.29. The van der Waals surface area contributed by atoms with Crippen LogP contribution in [0, 0.1) is 13.8 Å². The molecule has 1 aliphatic rings. The number of hydrogen-bond acceptors (Lipinski definition) is 5. The molecule has 0 bridgehead atoms. The molecule has 6 nitrogen and oxygen atoms in total. The van der Waals surface area contributed by atoms with Crippen molar-refractivity contribution in [1.82, 2.24) is 4.98 Å². The van der Waals surface area contributed by atoms with E-state index in [0.29, 0.717) is 33.5 Å². The minimum Gasteiger partial charge on any atom is -0.454 e. The summed E-state index contributed by atoms with van der Waals surface area (Å²) in [5, 5.41) is 6.60. The van der Waals surface area contributed by atoms with Crippen LogP contribution in [0.25, 0.3) is 0 Å². The largest absolute Gasteiger partial charge is 0.454 e. The third-order valence-electron chi connectivity index (χ3n) is 4.33. The smallest absolute Gasteiger partial charge is 0.257 e. The summed E-state index contributed by atoms with van der Waals surface area (Å²) in [5.41, 5.74) is 4.45. The van der Waals surface area contributed by atoms with Crippen LogP contribution in [0.2, 0.25) is 5.02 Å². The van der Waals surface area contributed by atoms with E-state index in [-0.39, 0.29) is 12.7 Å². The van der Waals surface area contributed by atoms with Gasteiger partial charge in [-0.2, -0.15) is 0 Å². The second kappa shape index (κ2) is 7.40. The Morgan fingerprint density at radius 1 is 1.04 bits per heavy atom. The van der Waals surface area contributed by atoms with Crippen molar-refractivity contribution in [2.75, 3.05) is 17.4 Å². The topological polar surface area (TPSA) is 72.5 Å². The van der Waals surface area contributed by atoms with Gasteiger partial charge in [0.1, 0.15) is 0 Å². The Balaban J connectivity index is 1.53. The van der Waals surface area contributed by atoms with Crippen molar-refractivity contribution in [2.45, 2.75) is 13.8 Å². The molecule has 1 aromatic heterocycles. The van der Waals surface area contributed by atoms with Crippen LogP contribution in [0.4, 0.5) is 17.1 Å². The maximum absolute atomic E-state index is 12.7. The molecule has 0 aliphatic carbocycles. The molecule has 0 atom stereocenters. The molecule has 2 heterocycles. The summed E-state index contributed by atoms with van der Waals surface area (Å²) in [4.78, 5) is 16.9. The van der Waals surface area contributed by atoms with Crippen LogP contribution in [0.1, 0.15) is 21.5 Å². The first-order valence-corrected chi connectivity index (χ1v) is 9.07. The van der Waals surface area contributed by atoms with E-state index in [0.717, 1.165) is 16.8 Å². The van der Waals surface area contributed by atoms with Gasteiger partial charge in [0.2, 0.25) is 6.79 Å². The SMILES string of the molecule is Cc1cc(C)c(NC(=O)c2cncc(Nc3ccc4c(c3)OCO4)c2)c(Cl)c1. The number of rotatable bonds is 4. The minimum absolute atomic E-state index is 0.219. The molecule has 2 aromatic carbocycles. The van der Waals surface area contributed by atoms with Gasteiger partial charge in [-0.3, -0.25) is 9.78 Å². The lowest BCUT2D eigenvalue weighted by Gasteiger charge is -2.12. The highest BCUT2D eigenvalue weighted by Gasteiger charge is 2.15. The van der Waals surface area contributed by atoms with E-state index < -0.39 is 0 Å². The van der Waals surface area contributed by atoms with E-state index in [1.165, 1.54) is 6.20 Å². The molecule has 1 amide bonds. The van der Waals surface area contributed by atoms with Gasteiger partial charge < -0.3 is 20.1 Å². The fourth-order valence-electron chi connectivity index (χ4n) is 3.03. The minimum atomic E-state index is -0.282. The number of ether oxygens (including phenoxy) is 2. The molecule has 28 heavy (non-hydrogen) atoms. The van der Waals surface area contributed by atoms with Gasteiger partial charge in [-0.15, -0.1) is 0 Å². The molecule has 4 rings (SSSR count). The predicted octanol–water partition coefficient (Wildman–Crippen LogP) is 5.08. The first kappa shape index (κ1) is 18.1. The zero-order valence-electron chi connectivity index (χ0n) is 15.4. The predicted molar refractivity (Wildman–Crippen MR) is 109 cm³/mol. The number of aryl methyl sites for hydroxylation is 2. The lowest BCUT2D eigenvalue weighted by atomic mass is 10.1. The summed E-state index contributed by atoms with van der Waals surface area (Å²) in [5.74, 6) is 1.11. The summed E-state index contributed by atoms with van der Waals surface area (Å²) in [7, 11) is 0. The Morgan fingerprint density at radius 2 is 1.86 bits per heavy atom. The van der Waals surface area contributed by atoms with Crippen molar-refractivity contribution in [3.63, 3.8) is 0 Å². The van der Waals surface area contributed by atoms with Crippen molar-refractivity contribution in [2.24, 2.45) is 0 Å². The molecule has 0 spiro atoms. The number of benzene rings is 2. The highest BCUT2D eigenvalue weighted by atomic mass is 35.5. The van der Waals surface area contributed by atoms with Crippen LogP contribution in [0.15, 0.2) is 48.8 Å². The Kier molecular flexibility index (Phi) is 4.79. The van der Waals surface area contributed by atoms with Gasteiger partial charge >= 0.3 is 0 Å². The number of anilines is 3. The van der Waals surface area contributed by atoms with Crippen molar-refractivity contribution in [1.29, 1.82) is 0 Å². The van der Waals surface area contributed by atoms with Crippen LogP contribution in [0.3, 0.4) is 0 Å². The summed E-state index contributed by atoms with van der Waals surface area (Å²) in [6.07, 6.45) is 3.16. The van der Waals surface area contributed by atoms with Gasteiger partial charge in [0.05, 0.1) is 28.2 Å². The van der Waals surface area contributed by atoms with Gasteiger partial charge in [0, 0.05) is 18.0 Å². The number of halogens is 1. The third kappa shape index (κ3) is 3.73. The fraction of sp³-hybridized carbons (Fsp3) is 0.143. The Labute approximate surface area is 167 Å². The zero-order chi connectivity index (χ0) is 19.7. The summed E-state index contributed by atoms with van der Waals surface area (Å²) in [6, 6.07) is 11.1. The van der Waals surface area contributed by atoms with Crippen molar-refractivity contribution in [3.8, 4) is 11.5 Å². The quantitative estimate of drug-likeness (QED) is 0.644. The van der Waals surface area contributed by atoms with Crippen LogP contribution < -0.4 is 20.1 Å². The summed E-state index contributed by atoms with van der Waals surface area (Å²) in [6.45, 7) is 4.08. The van der Waals surface area contributed by atoms with Crippen LogP contribution >= 0.6 is 11.6 Å².